The van der Waals surface area contributed by atoms with Crippen LogP contribution >= 0.6 is 11.8 Å². The summed E-state index contributed by atoms with van der Waals surface area (Å²) in [4.78, 5) is 1.54. The van der Waals surface area contributed by atoms with E-state index in [9.17, 15) is 0 Å². The maximum Gasteiger partial charge on any atom is 0.0161 e. The molecule has 1 saturated carbocycles. The van der Waals surface area contributed by atoms with E-state index in [0.717, 1.165) is 11.2 Å². The van der Waals surface area contributed by atoms with Crippen molar-refractivity contribution in [1.82, 2.24) is 0 Å². The van der Waals surface area contributed by atoms with Crippen molar-refractivity contribution in [2.45, 2.75) is 58.6 Å². The molecular weight excluding hydrogens is 212 g/mol. The molecule has 0 aromatic heterocycles. The molecule has 1 fully saturated rings. The van der Waals surface area contributed by atoms with Crippen LogP contribution in [-0.4, -0.2) is 5.25 Å². The third-order valence-corrected chi connectivity index (χ3v) is 6.03. The van der Waals surface area contributed by atoms with Gasteiger partial charge in [0, 0.05) is 5.25 Å². The number of fused-ring (bicyclic) bond motifs is 1. The van der Waals surface area contributed by atoms with E-state index >= 15 is 0 Å². The summed E-state index contributed by atoms with van der Waals surface area (Å²) in [5, 5.41) is 0.853. The topological polar surface area (TPSA) is 0 Å². The number of thioether (sulfide) groups is 1. The van der Waals surface area contributed by atoms with Gasteiger partial charge in [0.15, 0.2) is 0 Å². The average Bonchev–Trinajstić information content (AvgIpc) is 2.53. The molecule has 2 rings (SSSR count). The van der Waals surface area contributed by atoms with Gasteiger partial charge in [0.05, 0.1) is 0 Å². The van der Waals surface area contributed by atoms with Crippen molar-refractivity contribution in [3.63, 3.8) is 0 Å². The van der Waals surface area contributed by atoms with Crippen molar-refractivity contribution < 1.29 is 0 Å². The first-order chi connectivity index (χ1) is 7.47. The Morgan fingerprint density at radius 2 is 2.25 bits per heavy atom. The zero-order valence-corrected chi connectivity index (χ0v) is 11.9. The van der Waals surface area contributed by atoms with E-state index in [1.54, 1.807) is 10.5 Å². The Morgan fingerprint density at radius 1 is 1.56 bits per heavy atom. The summed E-state index contributed by atoms with van der Waals surface area (Å²) in [5.41, 5.74) is 3.47. The highest BCUT2D eigenvalue weighted by Gasteiger charge is 2.42. The van der Waals surface area contributed by atoms with Crippen LogP contribution in [0, 0.1) is 11.3 Å². The van der Waals surface area contributed by atoms with Crippen LogP contribution in [0.25, 0.3) is 0 Å². The summed E-state index contributed by atoms with van der Waals surface area (Å²) < 4.78 is 0. The van der Waals surface area contributed by atoms with E-state index in [-0.39, 0.29) is 0 Å². The van der Waals surface area contributed by atoms with Gasteiger partial charge < -0.3 is 0 Å². The maximum absolute atomic E-state index is 4.18. The first kappa shape index (κ1) is 12.3. The number of hydrogen-bond acceptors (Lipinski definition) is 1. The van der Waals surface area contributed by atoms with Crippen LogP contribution in [0.2, 0.25) is 0 Å². The molecule has 3 unspecified atom stereocenters. The van der Waals surface area contributed by atoms with Gasteiger partial charge in [-0.15, -0.1) is 11.8 Å². The second-order valence-corrected chi connectivity index (χ2v) is 7.37. The molecule has 0 aromatic rings. The maximum atomic E-state index is 4.18. The van der Waals surface area contributed by atoms with Crippen molar-refractivity contribution in [1.29, 1.82) is 0 Å². The van der Waals surface area contributed by atoms with Gasteiger partial charge in [-0.3, -0.25) is 0 Å². The molecule has 1 aliphatic carbocycles. The third kappa shape index (κ3) is 1.99. The fourth-order valence-corrected chi connectivity index (χ4v) is 4.91. The summed E-state index contributed by atoms with van der Waals surface area (Å²) in [6.45, 7) is 13.5. The van der Waals surface area contributed by atoms with Gasteiger partial charge >= 0.3 is 0 Å². The van der Waals surface area contributed by atoms with Gasteiger partial charge in [-0.1, -0.05) is 32.4 Å². The van der Waals surface area contributed by atoms with Crippen LogP contribution in [0.4, 0.5) is 0 Å². The first-order valence-electron chi connectivity index (χ1n) is 6.50. The van der Waals surface area contributed by atoms with Gasteiger partial charge in [0.1, 0.15) is 0 Å². The lowest BCUT2D eigenvalue weighted by Gasteiger charge is -2.40. The van der Waals surface area contributed by atoms with Crippen molar-refractivity contribution in [3.05, 3.63) is 22.6 Å². The summed E-state index contributed by atoms with van der Waals surface area (Å²) in [7, 11) is 0. The molecule has 2 aliphatic rings. The Bertz CT molecular complexity index is 339. The van der Waals surface area contributed by atoms with Crippen LogP contribution in [0.15, 0.2) is 22.6 Å². The van der Waals surface area contributed by atoms with E-state index in [4.69, 9.17) is 0 Å². The molecule has 1 heteroatoms. The number of hydrogen-bond donors (Lipinski definition) is 0. The fraction of sp³-hybridized carbons (Fsp3) is 0.733. The van der Waals surface area contributed by atoms with Crippen LogP contribution in [0.1, 0.15) is 53.4 Å². The molecule has 3 atom stereocenters. The molecule has 0 aromatic carbocycles. The second-order valence-electron chi connectivity index (χ2n) is 5.92. The molecule has 1 heterocycles. The molecule has 90 valence electrons. The zero-order valence-electron chi connectivity index (χ0n) is 11.1. The molecule has 0 amide bonds. The Balaban J connectivity index is 2.24. The molecule has 0 radical (unpaired) electrons. The largest absolute Gasteiger partial charge is 0.127 e. The number of rotatable bonds is 2. The van der Waals surface area contributed by atoms with E-state index in [0.29, 0.717) is 5.41 Å². The van der Waals surface area contributed by atoms with E-state index < -0.39 is 0 Å². The highest BCUT2D eigenvalue weighted by atomic mass is 32.2. The van der Waals surface area contributed by atoms with Gasteiger partial charge in [0.25, 0.3) is 0 Å². The second kappa shape index (κ2) is 4.25. The molecule has 0 nitrogen and oxygen atoms in total. The predicted octanol–water partition coefficient (Wildman–Crippen LogP) is 5.17. The molecular formula is C15H24S. The van der Waals surface area contributed by atoms with Crippen molar-refractivity contribution in [2.75, 3.05) is 0 Å². The van der Waals surface area contributed by atoms with Gasteiger partial charge in [0.2, 0.25) is 0 Å². The summed E-state index contributed by atoms with van der Waals surface area (Å²) >= 11 is 2.12. The Morgan fingerprint density at radius 3 is 2.81 bits per heavy atom. The Kier molecular flexibility index (Phi) is 3.27. The van der Waals surface area contributed by atoms with Crippen molar-refractivity contribution in [3.8, 4) is 0 Å². The van der Waals surface area contributed by atoms with E-state index in [1.807, 2.05) is 0 Å². The average molecular weight is 236 g/mol. The lowest BCUT2D eigenvalue weighted by atomic mass is 9.66. The smallest absolute Gasteiger partial charge is 0.0161 e. The summed E-state index contributed by atoms with van der Waals surface area (Å²) in [6, 6.07) is 0. The highest BCUT2D eigenvalue weighted by molar-refractivity contribution is 8.03. The van der Waals surface area contributed by atoms with Crippen molar-refractivity contribution in [2.24, 2.45) is 11.3 Å². The summed E-state index contributed by atoms with van der Waals surface area (Å²) in [5.74, 6) is 0.793. The SMILES string of the molecule is C=C(C)C1=C(C)SC2CCC(C)(CC)CC12. The minimum Gasteiger partial charge on any atom is -0.127 e. The monoisotopic (exact) mass is 236 g/mol. The Labute approximate surface area is 105 Å². The van der Waals surface area contributed by atoms with Crippen LogP contribution in [-0.2, 0) is 0 Å². The highest BCUT2D eigenvalue weighted by Crippen LogP contribution is 2.55. The zero-order chi connectivity index (χ0) is 11.9. The minimum atomic E-state index is 0.576. The predicted molar refractivity (Wildman–Crippen MR) is 74.6 cm³/mol. The van der Waals surface area contributed by atoms with Gasteiger partial charge in [-0.2, -0.15) is 0 Å². The standard InChI is InChI=1S/C15H24S/c1-6-15(5)8-7-13-12(9-15)14(10(2)3)11(4)16-13/h12-13H,2,6-9H2,1,3-5H3. The normalized spacial score (nSPS) is 38.8. The third-order valence-electron chi connectivity index (χ3n) is 4.59. The Hall–Kier alpha value is -0.170. The van der Waals surface area contributed by atoms with E-state index in [2.05, 4.69) is 46.0 Å². The number of allylic oxidation sites excluding steroid dienone is 3. The minimum absolute atomic E-state index is 0.576. The van der Waals surface area contributed by atoms with Gasteiger partial charge in [-0.05, 0) is 54.9 Å². The quantitative estimate of drug-likeness (QED) is 0.637. The fourth-order valence-electron chi connectivity index (χ4n) is 3.38. The van der Waals surface area contributed by atoms with Crippen LogP contribution < -0.4 is 0 Å². The lowest BCUT2D eigenvalue weighted by Crippen LogP contribution is -2.32. The first-order valence-corrected chi connectivity index (χ1v) is 7.38. The summed E-state index contributed by atoms with van der Waals surface area (Å²) in [6.07, 6.45) is 5.51. The molecule has 1 aliphatic heterocycles. The van der Waals surface area contributed by atoms with E-state index in [1.165, 1.54) is 31.3 Å². The van der Waals surface area contributed by atoms with Gasteiger partial charge in [-0.25, -0.2) is 0 Å². The molecule has 0 N–H and O–H groups in total. The molecule has 16 heavy (non-hydrogen) atoms. The molecule has 0 bridgehead atoms. The molecule has 0 spiro atoms. The lowest BCUT2D eigenvalue weighted by molar-refractivity contribution is 0.178. The van der Waals surface area contributed by atoms with Crippen molar-refractivity contribution >= 4 is 11.8 Å². The van der Waals surface area contributed by atoms with Crippen LogP contribution in [0.5, 0.6) is 0 Å². The van der Waals surface area contributed by atoms with Crippen LogP contribution in [0.3, 0.4) is 0 Å². The molecule has 0 saturated heterocycles.